The van der Waals surface area contributed by atoms with Gasteiger partial charge in [0.1, 0.15) is 0 Å². The molecule has 0 bridgehead atoms. The van der Waals surface area contributed by atoms with Crippen LogP contribution < -0.4 is 0 Å². The normalized spacial score (nSPS) is 8.55. The number of allylic oxidation sites excluding steroid dienone is 1. The highest BCUT2D eigenvalue weighted by molar-refractivity contribution is 6.17. The first-order chi connectivity index (χ1) is 5.31. The fraction of sp³-hybridized carbons (Fsp3) is 0.556. The lowest BCUT2D eigenvalue weighted by atomic mass is 10.3. The average molecular weight is 173 g/mol. The van der Waals surface area contributed by atoms with Gasteiger partial charge in [-0.1, -0.05) is 6.92 Å². The van der Waals surface area contributed by atoms with Gasteiger partial charge >= 0.3 is 0 Å². The molecule has 2 heteroatoms. The van der Waals surface area contributed by atoms with E-state index < -0.39 is 0 Å². The Morgan fingerprint density at radius 2 is 2.36 bits per heavy atom. The van der Waals surface area contributed by atoms with Gasteiger partial charge in [-0.2, -0.15) is 0 Å². The van der Waals surface area contributed by atoms with Crippen LogP contribution in [-0.4, -0.2) is 11.7 Å². The van der Waals surface area contributed by atoms with Crippen molar-refractivity contribution in [1.29, 1.82) is 0 Å². The minimum atomic E-state index is 0.118. The lowest BCUT2D eigenvalue weighted by molar-refractivity contribution is -0.114. The van der Waals surface area contributed by atoms with Gasteiger partial charge in [-0.05, 0) is 18.9 Å². The molecule has 0 saturated carbocycles. The smallest absolute Gasteiger partial charge is 0.163 e. The summed E-state index contributed by atoms with van der Waals surface area (Å²) in [5, 5.41) is 0. The Labute approximate surface area is 72.7 Å². The van der Waals surface area contributed by atoms with Gasteiger partial charge in [0.25, 0.3) is 0 Å². The van der Waals surface area contributed by atoms with Crippen LogP contribution in [0.2, 0.25) is 0 Å². The molecule has 0 atom stereocenters. The zero-order chi connectivity index (χ0) is 8.53. The van der Waals surface area contributed by atoms with Crippen LogP contribution in [0.25, 0.3) is 0 Å². The van der Waals surface area contributed by atoms with Crippen molar-refractivity contribution in [1.82, 2.24) is 0 Å². The third-order valence-electron chi connectivity index (χ3n) is 1.19. The number of hydrogen-bond donors (Lipinski definition) is 0. The summed E-state index contributed by atoms with van der Waals surface area (Å²) in [6.45, 7) is 1.83. The van der Waals surface area contributed by atoms with E-state index in [0.717, 1.165) is 12.8 Å². The number of carbonyl (C=O) groups is 1. The molecule has 0 aromatic heterocycles. The molecule has 0 N–H and O–H groups in total. The zero-order valence-corrected chi connectivity index (χ0v) is 7.53. The van der Waals surface area contributed by atoms with E-state index in [-0.39, 0.29) is 5.78 Å². The Morgan fingerprint density at radius 1 is 1.64 bits per heavy atom. The molecule has 0 aromatic carbocycles. The Kier molecular flexibility index (Phi) is 7.23. The molecular weight excluding hydrogens is 160 g/mol. The maximum absolute atomic E-state index is 10.7. The molecule has 0 saturated heterocycles. The SMILES string of the molecule is CCC(=O)C=C=CCCCCl. The Morgan fingerprint density at radius 3 is 2.91 bits per heavy atom. The predicted octanol–water partition coefficient (Wildman–Crippen LogP) is 2.70. The highest BCUT2D eigenvalue weighted by atomic mass is 35.5. The number of carbonyl (C=O) groups excluding carboxylic acids is 1. The second kappa shape index (κ2) is 7.59. The topological polar surface area (TPSA) is 17.1 Å². The van der Waals surface area contributed by atoms with Crippen LogP contribution in [0.1, 0.15) is 26.2 Å². The van der Waals surface area contributed by atoms with E-state index in [0.29, 0.717) is 12.3 Å². The molecule has 11 heavy (non-hydrogen) atoms. The monoisotopic (exact) mass is 172 g/mol. The van der Waals surface area contributed by atoms with E-state index in [1.165, 1.54) is 6.08 Å². The minimum absolute atomic E-state index is 0.118. The molecule has 0 spiro atoms. The van der Waals surface area contributed by atoms with Crippen LogP contribution in [-0.2, 0) is 4.79 Å². The number of rotatable bonds is 5. The van der Waals surface area contributed by atoms with Crippen LogP contribution in [0.4, 0.5) is 0 Å². The molecule has 0 unspecified atom stereocenters. The van der Waals surface area contributed by atoms with Gasteiger partial charge in [-0.3, -0.25) is 4.79 Å². The molecule has 1 nitrogen and oxygen atoms in total. The molecule has 0 heterocycles. The van der Waals surface area contributed by atoms with Crippen molar-refractivity contribution in [3.63, 3.8) is 0 Å². The first kappa shape index (κ1) is 10.5. The second-order valence-electron chi connectivity index (χ2n) is 2.17. The molecule has 0 aromatic rings. The molecule has 0 aliphatic heterocycles. The number of halogens is 1. The van der Waals surface area contributed by atoms with Gasteiger partial charge in [0, 0.05) is 18.4 Å². The summed E-state index contributed by atoms with van der Waals surface area (Å²) in [5.41, 5.74) is 2.81. The largest absolute Gasteiger partial charge is 0.294 e. The number of alkyl halides is 1. The van der Waals surface area contributed by atoms with Crippen molar-refractivity contribution in [2.24, 2.45) is 0 Å². The molecule has 0 rings (SSSR count). The molecule has 0 aliphatic rings. The van der Waals surface area contributed by atoms with Crippen molar-refractivity contribution in [2.45, 2.75) is 26.2 Å². The van der Waals surface area contributed by atoms with Crippen LogP contribution >= 0.6 is 11.6 Å². The van der Waals surface area contributed by atoms with Gasteiger partial charge in [0.15, 0.2) is 5.78 Å². The van der Waals surface area contributed by atoms with Crippen molar-refractivity contribution in [2.75, 3.05) is 5.88 Å². The summed E-state index contributed by atoms with van der Waals surface area (Å²) in [5.74, 6) is 0.784. The summed E-state index contributed by atoms with van der Waals surface area (Å²) in [7, 11) is 0. The van der Waals surface area contributed by atoms with Crippen LogP contribution in [0.15, 0.2) is 17.9 Å². The molecule has 62 valence electrons. The lowest BCUT2D eigenvalue weighted by Crippen LogP contribution is -1.84. The molecular formula is C9H13ClO. The highest BCUT2D eigenvalue weighted by Crippen LogP contribution is 1.91. The predicted molar refractivity (Wildman–Crippen MR) is 47.9 cm³/mol. The van der Waals surface area contributed by atoms with Gasteiger partial charge < -0.3 is 0 Å². The Balaban J connectivity index is 3.54. The number of unbranched alkanes of at least 4 members (excludes halogenated alkanes) is 1. The zero-order valence-electron chi connectivity index (χ0n) is 6.77. The van der Waals surface area contributed by atoms with Crippen molar-refractivity contribution in [3.05, 3.63) is 17.9 Å². The Bertz CT molecular complexity index is 166. The van der Waals surface area contributed by atoms with Gasteiger partial charge in [-0.25, -0.2) is 0 Å². The van der Waals surface area contributed by atoms with E-state index in [9.17, 15) is 4.79 Å². The second-order valence-corrected chi connectivity index (χ2v) is 2.54. The standard InChI is InChI=1S/C9H13ClO/c1-2-9(11)7-5-3-4-6-8-10/h3,7H,2,4,6,8H2,1H3. The fourth-order valence-corrected chi connectivity index (χ4v) is 0.671. The van der Waals surface area contributed by atoms with Crippen molar-refractivity contribution in [3.8, 4) is 0 Å². The molecule has 0 amide bonds. The fourth-order valence-electron chi connectivity index (χ4n) is 0.516. The van der Waals surface area contributed by atoms with Crippen LogP contribution in [0.3, 0.4) is 0 Å². The van der Waals surface area contributed by atoms with Crippen LogP contribution in [0.5, 0.6) is 0 Å². The van der Waals surface area contributed by atoms with Gasteiger partial charge in [0.2, 0.25) is 0 Å². The number of hydrogen-bond acceptors (Lipinski definition) is 1. The van der Waals surface area contributed by atoms with Crippen molar-refractivity contribution < 1.29 is 4.79 Å². The highest BCUT2D eigenvalue weighted by Gasteiger charge is 1.85. The Hall–Kier alpha value is -0.520. The van der Waals surface area contributed by atoms with Crippen LogP contribution in [0, 0.1) is 0 Å². The van der Waals surface area contributed by atoms with Crippen molar-refractivity contribution >= 4 is 17.4 Å². The first-order valence-corrected chi connectivity index (χ1v) is 4.34. The summed E-state index contributed by atoms with van der Waals surface area (Å²) < 4.78 is 0. The third kappa shape index (κ3) is 7.38. The summed E-state index contributed by atoms with van der Waals surface area (Å²) in [4.78, 5) is 10.7. The lowest BCUT2D eigenvalue weighted by Gasteiger charge is -1.82. The summed E-state index contributed by atoms with van der Waals surface area (Å²) in [6, 6.07) is 0. The molecule has 0 radical (unpaired) electrons. The summed E-state index contributed by atoms with van der Waals surface area (Å²) >= 11 is 5.45. The van der Waals surface area contributed by atoms with Gasteiger partial charge in [-0.15, -0.1) is 17.3 Å². The average Bonchev–Trinajstić information content (AvgIpc) is 2.04. The van der Waals surface area contributed by atoms with E-state index in [2.05, 4.69) is 5.73 Å². The molecule has 0 aliphatic carbocycles. The minimum Gasteiger partial charge on any atom is -0.294 e. The van der Waals surface area contributed by atoms with E-state index >= 15 is 0 Å². The summed E-state index contributed by atoms with van der Waals surface area (Å²) in [6.07, 6.45) is 5.72. The van der Waals surface area contributed by atoms with Gasteiger partial charge in [0.05, 0.1) is 0 Å². The van der Waals surface area contributed by atoms with E-state index in [1.807, 2.05) is 13.0 Å². The van der Waals surface area contributed by atoms with E-state index in [1.54, 1.807) is 0 Å². The van der Waals surface area contributed by atoms with E-state index in [4.69, 9.17) is 11.6 Å². The maximum Gasteiger partial charge on any atom is 0.163 e. The number of ketones is 1. The third-order valence-corrected chi connectivity index (χ3v) is 1.46. The quantitative estimate of drug-likeness (QED) is 0.270. The maximum atomic E-state index is 10.7. The molecule has 0 fully saturated rings. The first-order valence-electron chi connectivity index (χ1n) is 3.81.